The van der Waals surface area contributed by atoms with E-state index in [4.69, 9.17) is 5.73 Å². The van der Waals surface area contributed by atoms with Crippen LogP contribution >= 0.6 is 11.3 Å². The lowest BCUT2D eigenvalue weighted by atomic mass is 10.1. The van der Waals surface area contributed by atoms with Crippen LogP contribution in [0.5, 0.6) is 0 Å². The fraction of sp³-hybridized carbons (Fsp3) is 0.733. The highest BCUT2D eigenvalue weighted by Crippen LogP contribution is 2.20. The zero-order chi connectivity index (χ0) is 14.4. The van der Waals surface area contributed by atoms with Crippen LogP contribution in [0.25, 0.3) is 0 Å². The van der Waals surface area contributed by atoms with Crippen LogP contribution in [0.3, 0.4) is 0 Å². The van der Waals surface area contributed by atoms with Gasteiger partial charge in [0, 0.05) is 23.0 Å². The van der Waals surface area contributed by atoms with Crippen LogP contribution in [0.15, 0.2) is 10.4 Å². The molecule has 1 saturated carbocycles. The summed E-state index contributed by atoms with van der Waals surface area (Å²) in [4.78, 5) is 8.99. The Bertz CT molecular complexity index is 433. The molecule has 1 aliphatic carbocycles. The summed E-state index contributed by atoms with van der Waals surface area (Å²) in [6.45, 7) is 4.89. The first-order valence-electron chi connectivity index (χ1n) is 7.63. The van der Waals surface area contributed by atoms with Crippen LogP contribution < -0.4 is 11.1 Å². The molecule has 0 radical (unpaired) electrons. The second-order valence-corrected chi connectivity index (χ2v) is 6.68. The third-order valence-electron chi connectivity index (χ3n) is 3.80. The number of nitrogens with one attached hydrogen (secondary N) is 1. The van der Waals surface area contributed by atoms with Crippen molar-refractivity contribution in [3.63, 3.8) is 0 Å². The van der Waals surface area contributed by atoms with E-state index in [0.29, 0.717) is 24.5 Å². The van der Waals surface area contributed by atoms with E-state index in [-0.39, 0.29) is 0 Å². The van der Waals surface area contributed by atoms with E-state index in [2.05, 4.69) is 27.6 Å². The molecule has 1 unspecified atom stereocenters. The van der Waals surface area contributed by atoms with Crippen molar-refractivity contribution in [1.82, 2.24) is 10.3 Å². The minimum atomic E-state index is 0.336. The highest BCUT2D eigenvalue weighted by molar-refractivity contribution is 7.09. The second-order valence-electron chi connectivity index (χ2n) is 5.79. The summed E-state index contributed by atoms with van der Waals surface area (Å²) in [5.74, 6) is 0.931. The Morgan fingerprint density at radius 3 is 2.75 bits per heavy atom. The Morgan fingerprint density at radius 1 is 1.45 bits per heavy atom. The molecule has 5 heteroatoms. The van der Waals surface area contributed by atoms with Crippen molar-refractivity contribution in [3.8, 4) is 0 Å². The van der Waals surface area contributed by atoms with Crippen molar-refractivity contribution in [3.05, 3.63) is 16.1 Å². The van der Waals surface area contributed by atoms with E-state index in [1.165, 1.54) is 38.5 Å². The number of aromatic nitrogens is 1. The fourth-order valence-corrected chi connectivity index (χ4v) is 3.44. The first-order chi connectivity index (χ1) is 9.65. The minimum absolute atomic E-state index is 0.336. The van der Waals surface area contributed by atoms with Gasteiger partial charge >= 0.3 is 0 Å². The Kier molecular flexibility index (Phi) is 5.83. The van der Waals surface area contributed by atoms with E-state index >= 15 is 0 Å². The van der Waals surface area contributed by atoms with Crippen molar-refractivity contribution < 1.29 is 0 Å². The minimum Gasteiger partial charge on any atom is -0.370 e. The molecule has 0 aliphatic heterocycles. The maximum absolute atomic E-state index is 6.01. The van der Waals surface area contributed by atoms with Crippen LogP contribution in [0.2, 0.25) is 0 Å². The molecule has 1 atom stereocenters. The van der Waals surface area contributed by atoms with Crippen LogP contribution in [-0.4, -0.2) is 23.5 Å². The predicted molar refractivity (Wildman–Crippen MR) is 86.4 cm³/mol. The lowest BCUT2D eigenvalue weighted by Gasteiger charge is -2.17. The number of thiazole rings is 1. The summed E-state index contributed by atoms with van der Waals surface area (Å²) < 4.78 is 0. The molecule has 0 amide bonds. The number of hydrogen-bond donors (Lipinski definition) is 2. The molecule has 0 spiro atoms. The normalized spacial score (nSPS) is 19.6. The lowest BCUT2D eigenvalue weighted by Crippen LogP contribution is -2.40. The molecular weight excluding hydrogens is 268 g/mol. The van der Waals surface area contributed by atoms with Crippen molar-refractivity contribution in [1.29, 1.82) is 0 Å². The molecule has 0 saturated heterocycles. The van der Waals surface area contributed by atoms with Gasteiger partial charge in [0.05, 0.1) is 11.6 Å². The average molecular weight is 294 g/mol. The van der Waals surface area contributed by atoms with Gasteiger partial charge in [0.1, 0.15) is 0 Å². The monoisotopic (exact) mass is 294 g/mol. The molecule has 4 nitrogen and oxygen atoms in total. The van der Waals surface area contributed by atoms with E-state index in [1.54, 1.807) is 11.3 Å². The third kappa shape index (κ3) is 4.78. The zero-order valence-electron chi connectivity index (χ0n) is 12.6. The van der Waals surface area contributed by atoms with E-state index < -0.39 is 0 Å². The van der Waals surface area contributed by atoms with Gasteiger partial charge in [-0.15, -0.1) is 11.3 Å². The first kappa shape index (κ1) is 15.3. The van der Waals surface area contributed by atoms with Crippen molar-refractivity contribution in [2.45, 2.75) is 64.3 Å². The summed E-state index contributed by atoms with van der Waals surface area (Å²) in [5.41, 5.74) is 7.10. The molecule has 1 aromatic rings. The molecule has 3 N–H and O–H groups in total. The van der Waals surface area contributed by atoms with Gasteiger partial charge in [-0.1, -0.05) is 32.6 Å². The standard InChI is InChI=1S/C15H26N4S/c1-11(14-18-12(2)10-20-14)9-17-15(16)19-13-7-5-3-4-6-8-13/h10-11,13H,3-9H2,1-2H3,(H3,16,17,19). The molecule has 1 aromatic heterocycles. The van der Waals surface area contributed by atoms with Crippen molar-refractivity contribution >= 4 is 17.3 Å². The number of hydrogen-bond acceptors (Lipinski definition) is 3. The summed E-state index contributed by atoms with van der Waals surface area (Å²) in [5, 5.41) is 6.61. The lowest BCUT2D eigenvalue weighted by molar-refractivity contribution is 0.529. The van der Waals surface area contributed by atoms with Gasteiger partial charge in [0.2, 0.25) is 0 Å². The highest BCUT2D eigenvalue weighted by atomic mass is 32.1. The number of aryl methyl sites for hydroxylation is 1. The van der Waals surface area contributed by atoms with Gasteiger partial charge in [-0.2, -0.15) is 0 Å². The molecule has 0 bridgehead atoms. The Balaban J connectivity index is 1.80. The van der Waals surface area contributed by atoms with E-state index in [9.17, 15) is 0 Å². The molecular formula is C15H26N4S. The van der Waals surface area contributed by atoms with Gasteiger partial charge in [0.25, 0.3) is 0 Å². The molecule has 112 valence electrons. The molecule has 1 aliphatic rings. The summed E-state index contributed by atoms with van der Waals surface area (Å²) in [7, 11) is 0. The second kappa shape index (κ2) is 7.62. The average Bonchev–Trinajstić information content (AvgIpc) is 2.70. The Hall–Kier alpha value is -1.10. The Morgan fingerprint density at radius 2 is 2.15 bits per heavy atom. The molecule has 1 fully saturated rings. The third-order valence-corrected chi connectivity index (χ3v) is 5.00. The van der Waals surface area contributed by atoms with Gasteiger partial charge < -0.3 is 11.1 Å². The number of nitrogens with zero attached hydrogens (tertiary/aromatic N) is 2. The maximum atomic E-state index is 6.01. The molecule has 20 heavy (non-hydrogen) atoms. The topological polar surface area (TPSA) is 63.3 Å². The van der Waals surface area contributed by atoms with Gasteiger partial charge in [-0.25, -0.2) is 4.98 Å². The molecule has 2 rings (SSSR count). The van der Waals surface area contributed by atoms with Gasteiger partial charge in [-0.05, 0) is 19.8 Å². The number of aliphatic imine (C=N–C) groups is 1. The largest absolute Gasteiger partial charge is 0.370 e. The SMILES string of the molecule is Cc1csc(C(C)CN=C(N)NC2CCCCCC2)n1. The quantitative estimate of drug-likeness (QED) is 0.509. The Labute approximate surface area is 125 Å². The van der Waals surface area contributed by atoms with Gasteiger partial charge in [0.15, 0.2) is 5.96 Å². The van der Waals surface area contributed by atoms with E-state index in [1.807, 2.05) is 6.92 Å². The van der Waals surface area contributed by atoms with Gasteiger partial charge in [-0.3, -0.25) is 4.99 Å². The predicted octanol–water partition coefficient (Wildman–Crippen LogP) is 3.18. The fourth-order valence-electron chi connectivity index (χ4n) is 2.59. The number of rotatable bonds is 4. The molecule has 1 heterocycles. The van der Waals surface area contributed by atoms with E-state index in [0.717, 1.165) is 10.7 Å². The number of guanidine groups is 1. The molecule has 0 aromatic carbocycles. The first-order valence-corrected chi connectivity index (χ1v) is 8.51. The smallest absolute Gasteiger partial charge is 0.188 e. The van der Waals surface area contributed by atoms with Crippen molar-refractivity contribution in [2.24, 2.45) is 10.7 Å². The highest BCUT2D eigenvalue weighted by Gasteiger charge is 2.13. The summed E-state index contributed by atoms with van der Waals surface area (Å²) in [6, 6.07) is 0.513. The van der Waals surface area contributed by atoms with Crippen LogP contribution in [-0.2, 0) is 0 Å². The summed E-state index contributed by atoms with van der Waals surface area (Å²) in [6.07, 6.45) is 7.76. The van der Waals surface area contributed by atoms with Crippen LogP contribution in [0, 0.1) is 6.92 Å². The zero-order valence-corrected chi connectivity index (χ0v) is 13.4. The maximum Gasteiger partial charge on any atom is 0.188 e. The van der Waals surface area contributed by atoms with Crippen LogP contribution in [0.1, 0.15) is 62.1 Å². The van der Waals surface area contributed by atoms with Crippen LogP contribution in [0.4, 0.5) is 0 Å². The number of nitrogens with two attached hydrogens (primary N) is 1. The van der Waals surface area contributed by atoms with Crippen molar-refractivity contribution in [2.75, 3.05) is 6.54 Å². The summed E-state index contributed by atoms with van der Waals surface area (Å²) >= 11 is 1.71.